The summed E-state index contributed by atoms with van der Waals surface area (Å²) < 4.78 is 1.76. The largest absolute Gasteiger partial charge is 0.298 e. The zero-order valence-electron chi connectivity index (χ0n) is 13.2. The van der Waals surface area contributed by atoms with Crippen LogP contribution in [0.25, 0.3) is 10.2 Å². The highest BCUT2D eigenvalue weighted by atomic mass is 32.1. The number of aromatic nitrogens is 3. The fourth-order valence-corrected chi connectivity index (χ4v) is 4.67. The molecule has 23 heavy (non-hydrogen) atoms. The van der Waals surface area contributed by atoms with Crippen LogP contribution in [-0.2, 0) is 25.8 Å². The van der Waals surface area contributed by atoms with E-state index in [2.05, 4.69) is 16.9 Å². The first-order chi connectivity index (χ1) is 11.2. The number of pyridine rings is 1. The summed E-state index contributed by atoms with van der Waals surface area (Å²) in [5, 5.41) is 0.870. The SMILES string of the molecule is CC1CCc2c(sc3ncn(CCc4ccncc4)c(=O)c23)C1. The molecule has 0 spiro atoms. The van der Waals surface area contributed by atoms with Gasteiger partial charge in [-0.1, -0.05) is 6.92 Å². The molecule has 1 aliphatic carbocycles. The van der Waals surface area contributed by atoms with Crippen LogP contribution >= 0.6 is 11.3 Å². The zero-order valence-corrected chi connectivity index (χ0v) is 14.0. The molecule has 0 N–H and O–H groups in total. The quantitative estimate of drug-likeness (QED) is 0.743. The highest BCUT2D eigenvalue weighted by Crippen LogP contribution is 2.35. The van der Waals surface area contributed by atoms with Gasteiger partial charge >= 0.3 is 0 Å². The number of thiophene rings is 1. The molecular formula is C18H19N3OS. The van der Waals surface area contributed by atoms with Gasteiger partial charge in [-0.05, 0) is 54.9 Å². The van der Waals surface area contributed by atoms with Gasteiger partial charge in [0.15, 0.2) is 0 Å². The molecule has 0 saturated heterocycles. The summed E-state index contributed by atoms with van der Waals surface area (Å²) in [5.74, 6) is 0.712. The Morgan fingerprint density at radius 2 is 2.17 bits per heavy atom. The van der Waals surface area contributed by atoms with Crippen LogP contribution in [0, 0.1) is 5.92 Å². The van der Waals surface area contributed by atoms with Gasteiger partial charge in [0.25, 0.3) is 5.56 Å². The van der Waals surface area contributed by atoms with Gasteiger partial charge in [-0.2, -0.15) is 0 Å². The molecule has 1 atom stereocenters. The van der Waals surface area contributed by atoms with E-state index in [9.17, 15) is 4.79 Å². The minimum absolute atomic E-state index is 0.121. The van der Waals surface area contributed by atoms with Crippen LogP contribution in [-0.4, -0.2) is 14.5 Å². The summed E-state index contributed by atoms with van der Waals surface area (Å²) in [6, 6.07) is 3.98. The topological polar surface area (TPSA) is 47.8 Å². The maximum Gasteiger partial charge on any atom is 0.262 e. The van der Waals surface area contributed by atoms with Crippen LogP contribution in [0.2, 0.25) is 0 Å². The van der Waals surface area contributed by atoms with E-state index in [0.29, 0.717) is 12.5 Å². The van der Waals surface area contributed by atoms with Crippen molar-refractivity contribution >= 4 is 21.6 Å². The van der Waals surface area contributed by atoms with Gasteiger partial charge in [-0.25, -0.2) is 4.98 Å². The van der Waals surface area contributed by atoms with E-state index in [-0.39, 0.29) is 5.56 Å². The predicted octanol–water partition coefficient (Wildman–Crippen LogP) is 3.22. The van der Waals surface area contributed by atoms with Gasteiger partial charge in [0.05, 0.1) is 11.7 Å². The summed E-state index contributed by atoms with van der Waals surface area (Å²) in [5.41, 5.74) is 2.57. The van der Waals surface area contributed by atoms with E-state index in [0.717, 1.165) is 29.5 Å². The lowest BCUT2D eigenvalue weighted by Crippen LogP contribution is -2.22. The molecule has 0 bridgehead atoms. The first-order valence-electron chi connectivity index (χ1n) is 8.11. The van der Waals surface area contributed by atoms with Crippen molar-refractivity contribution in [2.24, 2.45) is 5.92 Å². The minimum atomic E-state index is 0.121. The van der Waals surface area contributed by atoms with Gasteiger partial charge in [0.1, 0.15) is 4.83 Å². The summed E-state index contributed by atoms with van der Waals surface area (Å²) in [4.78, 5) is 23.7. The maximum absolute atomic E-state index is 12.9. The summed E-state index contributed by atoms with van der Waals surface area (Å²) in [7, 11) is 0. The predicted molar refractivity (Wildman–Crippen MR) is 93.0 cm³/mol. The van der Waals surface area contributed by atoms with E-state index in [1.807, 2.05) is 12.1 Å². The Hall–Kier alpha value is -2.01. The average Bonchev–Trinajstić information content (AvgIpc) is 2.93. The molecule has 5 heteroatoms. The van der Waals surface area contributed by atoms with E-state index >= 15 is 0 Å². The van der Waals surface area contributed by atoms with Gasteiger partial charge in [-0.15, -0.1) is 11.3 Å². The fourth-order valence-electron chi connectivity index (χ4n) is 3.32. The van der Waals surface area contributed by atoms with Crippen molar-refractivity contribution in [2.45, 2.75) is 39.2 Å². The average molecular weight is 325 g/mol. The number of nitrogens with zero attached hydrogens (tertiary/aromatic N) is 3. The molecule has 1 unspecified atom stereocenters. The number of fused-ring (bicyclic) bond motifs is 3. The second-order valence-electron chi connectivity index (χ2n) is 6.38. The first kappa shape index (κ1) is 14.6. The second kappa shape index (κ2) is 5.89. The molecule has 3 aromatic heterocycles. The standard InChI is InChI=1S/C18H19N3OS/c1-12-2-3-14-15(10-12)23-17-16(14)18(22)21(11-20-17)9-6-13-4-7-19-8-5-13/h4-5,7-8,11-12H,2-3,6,9-10H2,1H3. The summed E-state index contributed by atoms with van der Waals surface area (Å²) >= 11 is 1.71. The Morgan fingerprint density at radius 1 is 1.35 bits per heavy atom. The van der Waals surface area contributed by atoms with Crippen molar-refractivity contribution in [1.29, 1.82) is 0 Å². The second-order valence-corrected chi connectivity index (χ2v) is 7.46. The number of hydrogen-bond acceptors (Lipinski definition) is 4. The molecule has 1 aliphatic rings. The molecule has 4 rings (SSSR count). The van der Waals surface area contributed by atoms with Gasteiger partial charge < -0.3 is 0 Å². The van der Waals surface area contributed by atoms with Crippen LogP contribution < -0.4 is 5.56 Å². The zero-order chi connectivity index (χ0) is 15.8. The Bertz CT molecular complexity index is 898. The highest BCUT2D eigenvalue weighted by molar-refractivity contribution is 7.18. The maximum atomic E-state index is 12.9. The van der Waals surface area contributed by atoms with Gasteiger partial charge in [0.2, 0.25) is 0 Å². The third-order valence-electron chi connectivity index (χ3n) is 4.67. The molecule has 4 nitrogen and oxygen atoms in total. The van der Waals surface area contributed by atoms with Crippen molar-refractivity contribution < 1.29 is 0 Å². The molecule has 0 amide bonds. The highest BCUT2D eigenvalue weighted by Gasteiger charge is 2.23. The lowest BCUT2D eigenvalue weighted by molar-refractivity contribution is 0.509. The smallest absolute Gasteiger partial charge is 0.262 e. The minimum Gasteiger partial charge on any atom is -0.298 e. The lowest BCUT2D eigenvalue weighted by Gasteiger charge is -2.17. The molecule has 0 fully saturated rings. The van der Waals surface area contributed by atoms with Crippen molar-refractivity contribution in [2.75, 3.05) is 0 Å². The lowest BCUT2D eigenvalue weighted by atomic mass is 9.89. The molecule has 0 aromatic carbocycles. The van der Waals surface area contributed by atoms with Gasteiger partial charge in [-0.3, -0.25) is 14.3 Å². The van der Waals surface area contributed by atoms with Gasteiger partial charge in [0, 0.05) is 23.8 Å². The normalized spacial score (nSPS) is 17.3. The van der Waals surface area contributed by atoms with Crippen LogP contribution in [0.5, 0.6) is 0 Å². The fraction of sp³-hybridized carbons (Fsp3) is 0.389. The molecule has 3 heterocycles. The van der Waals surface area contributed by atoms with E-state index < -0.39 is 0 Å². The van der Waals surface area contributed by atoms with Crippen LogP contribution in [0.15, 0.2) is 35.6 Å². The Balaban J connectivity index is 1.69. The van der Waals surface area contributed by atoms with Crippen molar-refractivity contribution in [3.8, 4) is 0 Å². The Morgan fingerprint density at radius 3 is 3.00 bits per heavy atom. The summed E-state index contributed by atoms with van der Waals surface area (Å²) in [6.07, 6.45) is 9.38. The Kier molecular flexibility index (Phi) is 3.73. The van der Waals surface area contributed by atoms with Crippen LogP contribution in [0.4, 0.5) is 0 Å². The summed E-state index contributed by atoms with van der Waals surface area (Å²) in [6.45, 7) is 2.95. The molecule has 0 aliphatic heterocycles. The first-order valence-corrected chi connectivity index (χ1v) is 8.92. The molecule has 0 radical (unpaired) electrons. The van der Waals surface area contributed by atoms with E-state index in [1.54, 1.807) is 34.6 Å². The van der Waals surface area contributed by atoms with Crippen molar-refractivity contribution in [3.63, 3.8) is 0 Å². The third kappa shape index (κ3) is 2.70. The third-order valence-corrected chi connectivity index (χ3v) is 5.84. The number of hydrogen-bond donors (Lipinski definition) is 0. The van der Waals surface area contributed by atoms with Crippen LogP contribution in [0.1, 0.15) is 29.3 Å². The monoisotopic (exact) mass is 325 g/mol. The van der Waals surface area contributed by atoms with E-state index in [1.165, 1.54) is 22.4 Å². The van der Waals surface area contributed by atoms with Crippen LogP contribution in [0.3, 0.4) is 0 Å². The van der Waals surface area contributed by atoms with E-state index in [4.69, 9.17) is 0 Å². The molecule has 0 saturated carbocycles. The van der Waals surface area contributed by atoms with Crippen molar-refractivity contribution in [3.05, 3.63) is 57.2 Å². The molecular weight excluding hydrogens is 306 g/mol. The molecule has 3 aromatic rings. The van der Waals surface area contributed by atoms with Crippen molar-refractivity contribution in [1.82, 2.24) is 14.5 Å². The number of rotatable bonds is 3. The number of aryl methyl sites for hydroxylation is 3. The Labute approximate surface area is 138 Å². The molecule has 118 valence electrons.